The SMILES string of the molecule is CC(Oc1ccccc1)C(=O)N(C)CCc1noc(-c2ccccc2)n1. The summed E-state index contributed by atoms with van der Waals surface area (Å²) in [6.45, 7) is 2.22. The Hall–Kier alpha value is -3.15. The molecule has 0 N–H and O–H groups in total. The third-order valence-corrected chi connectivity index (χ3v) is 3.94. The van der Waals surface area contributed by atoms with Crippen molar-refractivity contribution in [2.24, 2.45) is 0 Å². The maximum atomic E-state index is 12.4. The molecule has 0 spiro atoms. The quantitative estimate of drug-likeness (QED) is 0.654. The molecular formula is C20H21N3O3. The molecule has 1 unspecified atom stereocenters. The molecular weight excluding hydrogens is 330 g/mol. The number of amides is 1. The Morgan fingerprint density at radius 3 is 2.46 bits per heavy atom. The van der Waals surface area contributed by atoms with E-state index in [9.17, 15) is 4.79 Å². The number of nitrogens with zero attached hydrogens (tertiary/aromatic N) is 3. The minimum absolute atomic E-state index is 0.0966. The molecule has 0 saturated carbocycles. The van der Waals surface area contributed by atoms with E-state index in [2.05, 4.69) is 10.1 Å². The molecule has 3 rings (SSSR count). The number of hydrogen-bond donors (Lipinski definition) is 0. The lowest BCUT2D eigenvalue weighted by Gasteiger charge is -2.21. The topological polar surface area (TPSA) is 68.5 Å². The van der Waals surface area contributed by atoms with Crippen LogP contribution in [0.15, 0.2) is 65.2 Å². The van der Waals surface area contributed by atoms with Gasteiger partial charge in [-0.05, 0) is 31.2 Å². The molecule has 1 amide bonds. The van der Waals surface area contributed by atoms with Gasteiger partial charge in [-0.2, -0.15) is 4.98 Å². The third kappa shape index (κ3) is 4.47. The average Bonchev–Trinajstić information content (AvgIpc) is 3.16. The van der Waals surface area contributed by atoms with Crippen molar-refractivity contribution in [3.8, 4) is 17.2 Å². The minimum Gasteiger partial charge on any atom is -0.481 e. The van der Waals surface area contributed by atoms with E-state index in [4.69, 9.17) is 9.26 Å². The Labute approximate surface area is 152 Å². The highest BCUT2D eigenvalue weighted by Crippen LogP contribution is 2.16. The fraction of sp³-hybridized carbons (Fsp3) is 0.250. The summed E-state index contributed by atoms with van der Waals surface area (Å²) >= 11 is 0. The summed E-state index contributed by atoms with van der Waals surface area (Å²) in [4.78, 5) is 18.4. The summed E-state index contributed by atoms with van der Waals surface area (Å²) in [5.41, 5.74) is 0.876. The Bertz CT molecular complexity index is 834. The molecule has 0 aliphatic rings. The maximum Gasteiger partial charge on any atom is 0.263 e. The monoisotopic (exact) mass is 351 g/mol. The van der Waals surface area contributed by atoms with Gasteiger partial charge in [0.05, 0.1) is 0 Å². The lowest BCUT2D eigenvalue weighted by Crippen LogP contribution is -2.39. The van der Waals surface area contributed by atoms with Crippen LogP contribution >= 0.6 is 0 Å². The van der Waals surface area contributed by atoms with Gasteiger partial charge >= 0.3 is 0 Å². The van der Waals surface area contributed by atoms with E-state index in [1.807, 2.05) is 60.7 Å². The molecule has 0 saturated heterocycles. The number of rotatable bonds is 7. The summed E-state index contributed by atoms with van der Waals surface area (Å²) in [5.74, 6) is 1.63. The number of para-hydroxylation sites is 1. The predicted octanol–water partition coefficient (Wildman–Crippen LogP) is 3.21. The van der Waals surface area contributed by atoms with E-state index in [1.54, 1.807) is 18.9 Å². The van der Waals surface area contributed by atoms with Crippen molar-refractivity contribution in [1.82, 2.24) is 15.0 Å². The van der Waals surface area contributed by atoms with Crippen molar-refractivity contribution in [2.75, 3.05) is 13.6 Å². The van der Waals surface area contributed by atoms with Crippen LogP contribution in [0.4, 0.5) is 0 Å². The van der Waals surface area contributed by atoms with Crippen LogP contribution in [-0.2, 0) is 11.2 Å². The van der Waals surface area contributed by atoms with Gasteiger partial charge in [0.15, 0.2) is 11.9 Å². The molecule has 3 aromatic rings. The van der Waals surface area contributed by atoms with Crippen LogP contribution in [0.25, 0.3) is 11.5 Å². The highest BCUT2D eigenvalue weighted by Gasteiger charge is 2.19. The van der Waals surface area contributed by atoms with Crippen molar-refractivity contribution in [3.05, 3.63) is 66.5 Å². The van der Waals surface area contributed by atoms with Gasteiger partial charge in [-0.25, -0.2) is 0 Å². The number of ether oxygens (including phenoxy) is 1. The van der Waals surface area contributed by atoms with Crippen molar-refractivity contribution >= 4 is 5.91 Å². The van der Waals surface area contributed by atoms with E-state index in [-0.39, 0.29) is 5.91 Å². The Balaban J connectivity index is 1.52. The number of aromatic nitrogens is 2. The Kier molecular flexibility index (Phi) is 5.63. The maximum absolute atomic E-state index is 12.4. The summed E-state index contributed by atoms with van der Waals surface area (Å²) in [7, 11) is 1.74. The fourth-order valence-electron chi connectivity index (χ4n) is 2.50. The second kappa shape index (κ2) is 8.29. The molecule has 26 heavy (non-hydrogen) atoms. The highest BCUT2D eigenvalue weighted by atomic mass is 16.5. The summed E-state index contributed by atoms with van der Waals surface area (Å²) in [6, 6.07) is 18.9. The molecule has 0 aliphatic heterocycles. The summed E-state index contributed by atoms with van der Waals surface area (Å²) < 4.78 is 11.0. The van der Waals surface area contributed by atoms with Crippen LogP contribution < -0.4 is 4.74 Å². The molecule has 0 radical (unpaired) electrons. The van der Waals surface area contributed by atoms with Crippen molar-refractivity contribution in [1.29, 1.82) is 0 Å². The zero-order chi connectivity index (χ0) is 18.4. The van der Waals surface area contributed by atoms with Gasteiger partial charge in [0.2, 0.25) is 0 Å². The number of hydrogen-bond acceptors (Lipinski definition) is 5. The molecule has 2 aromatic carbocycles. The summed E-state index contributed by atoms with van der Waals surface area (Å²) in [6.07, 6.45) is -0.0519. The van der Waals surface area contributed by atoms with Crippen molar-refractivity contribution < 1.29 is 14.1 Å². The number of carbonyl (C=O) groups excluding carboxylic acids is 1. The van der Waals surface area contributed by atoms with Gasteiger partial charge in [0.1, 0.15) is 5.75 Å². The van der Waals surface area contributed by atoms with E-state index < -0.39 is 6.10 Å². The Morgan fingerprint density at radius 2 is 1.77 bits per heavy atom. The summed E-state index contributed by atoms with van der Waals surface area (Å²) in [5, 5.41) is 3.98. The molecule has 6 heteroatoms. The fourth-order valence-corrected chi connectivity index (χ4v) is 2.50. The van der Waals surface area contributed by atoms with E-state index in [0.29, 0.717) is 30.4 Å². The van der Waals surface area contributed by atoms with Crippen LogP contribution in [0.3, 0.4) is 0 Å². The zero-order valence-corrected chi connectivity index (χ0v) is 14.8. The van der Waals surface area contributed by atoms with E-state index in [0.717, 1.165) is 5.56 Å². The number of carbonyl (C=O) groups is 1. The molecule has 1 aromatic heterocycles. The molecule has 0 aliphatic carbocycles. The lowest BCUT2D eigenvalue weighted by atomic mass is 10.2. The van der Waals surface area contributed by atoms with Gasteiger partial charge in [-0.1, -0.05) is 41.6 Å². The first-order valence-corrected chi connectivity index (χ1v) is 8.48. The molecule has 6 nitrogen and oxygen atoms in total. The van der Waals surface area contributed by atoms with Crippen LogP contribution in [0, 0.1) is 0 Å². The molecule has 134 valence electrons. The van der Waals surface area contributed by atoms with Gasteiger partial charge in [-0.3, -0.25) is 4.79 Å². The standard InChI is InChI=1S/C20H21N3O3/c1-15(25-17-11-7-4-8-12-17)20(24)23(2)14-13-18-21-19(26-22-18)16-9-5-3-6-10-16/h3-12,15H,13-14H2,1-2H3. The predicted molar refractivity (Wildman–Crippen MR) is 97.6 cm³/mol. The normalized spacial score (nSPS) is 11.8. The van der Waals surface area contributed by atoms with E-state index >= 15 is 0 Å². The van der Waals surface area contributed by atoms with Crippen molar-refractivity contribution in [2.45, 2.75) is 19.4 Å². The van der Waals surface area contributed by atoms with Gasteiger partial charge in [-0.15, -0.1) is 0 Å². The largest absolute Gasteiger partial charge is 0.481 e. The first-order chi connectivity index (χ1) is 12.6. The number of benzene rings is 2. The smallest absolute Gasteiger partial charge is 0.263 e. The second-order valence-electron chi connectivity index (χ2n) is 5.96. The van der Waals surface area contributed by atoms with Crippen LogP contribution in [0.2, 0.25) is 0 Å². The van der Waals surface area contributed by atoms with Crippen LogP contribution in [-0.4, -0.2) is 40.6 Å². The second-order valence-corrected chi connectivity index (χ2v) is 5.96. The molecule has 0 fully saturated rings. The van der Waals surface area contributed by atoms with Crippen LogP contribution in [0.5, 0.6) is 5.75 Å². The molecule has 1 atom stereocenters. The zero-order valence-electron chi connectivity index (χ0n) is 14.8. The van der Waals surface area contributed by atoms with Gasteiger partial charge < -0.3 is 14.2 Å². The average molecular weight is 351 g/mol. The Morgan fingerprint density at radius 1 is 1.12 bits per heavy atom. The first-order valence-electron chi connectivity index (χ1n) is 8.48. The third-order valence-electron chi connectivity index (χ3n) is 3.94. The van der Waals surface area contributed by atoms with Gasteiger partial charge in [0.25, 0.3) is 11.8 Å². The highest BCUT2D eigenvalue weighted by molar-refractivity contribution is 5.80. The van der Waals surface area contributed by atoms with Gasteiger partial charge in [0, 0.05) is 25.6 Å². The number of likely N-dealkylation sites (N-methyl/N-ethyl adjacent to an activating group) is 1. The first kappa shape index (κ1) is 17.7. The molecule has 1 heterocycles. The minimum atomic E-state index is -0.562. The van der Waals surface area contributed by atoms with Crippen molar-refractivity contribution in [3.63, 3.8) is 0 Å². The van der Waals surface area contributed by atoms with E-state index in [1.165, 1.54) is 0 Å². The van der Waals surface area contributed by atoms with Crippen LogP contribution in [0.1, 0.15) is 12.7 Å². The molecule has 0 bridgehead atoms. The lowest BCUT2D eigenvalue weighted by molar-refractivity contribution is -0.136.